The van der Waals surface area contributed by atoms with E-state index in [0.29, 0.717) is 28.2 Å². The zero-order valence-electron chi connectivity index (χ0n) is 14.4. The zero-order chi connectivity index (χ0) is 18.8. The summed E-state index contributed by atoms with van der Waals surface area (Å²) in [4.78, 5) is 32.7. The van der Waals surface area contributed by atoms with E-state index in [2.05, 4.69) is 9.97 Å². The molecule has 0 saturated heterocycles. The molecule has 0 spiro atoms. The molecule has 3 heterocycles. The van der Waals surface area contributed by atoms with Gasteiger partial charge in [-0.15, -0.1) is 0 Å². The number of esters is 1. The van der Waals surface area contributed by atoms with Crippen LogP contribution in [-0.4, -0.2) is 21.7 Å². The van der Waals surface area contributed by atoms with E-state index in [-0.39, 0.29) is 11.5 Å². The lowest BCUT2D eigenvalue weighted by Crippen LogP contribution is -2.09. The number of ether oxygens (including phenoxy) is 2. The summed E-state index contributed by atoms with van der Waals surface area (Å²) in [6, 6.07) is 9.94. The average molecular weight is 358 g/mol. The molecule has 3 aromatic rings. The number of carbonyl (C=O) groups excluding carboxylic acids is 2. The molecule has 1 aromatic carbocycles. The molecule has 0 saturated carbocycles. The fourth-order valence-corrected chi connectivity index (χ4v) is 2.74. The molecule has 0 aliphatic carbocycles. The van der Waals surface area contributed by atoms with Crippen molar-refractivity contribution in [2.45, 2.75) is 6.92 Å². The molecule has 132 valence electrons. The van der Waals surface area contributed by atoms with Crippen LogP contribution in [0.2, 0.25) is 0 Å². The number of ketones is 1. The number of allylic oxidation sites excluding steroid dienone is 1. The third-order valence-corrected chi connectivity index (χ3v) is 4.14. The smallest absolute Gasteiger partial charge is 0.343 e. The maximum absolute atomic E-state index is 12.6. The predicted octanol–water partition coefficient (Wildman–Crippen LogP) is 3.62. The average Bonchev–Trinajstić information content (AvgIpc) is 3.02. The Morgan fingerprint density at radius 1 is 1.07 bits per heavy atom. The highest BCUT2D eigenvalue weighted by molar-refractivity contribution is 6.15. The van der Waals surface area contributed by atoms with Crippen molar-refractivity contribution in [3.05, 3.63) is 89.2 Å². The SMILES string of the molecule is Cc1c(OC(=O)c2ccncc2)ccc2c1O/C(=C\c1cccnc1)C2=O. The lowest BCUT2D eigenvalue weighted by molar-refractivity contribution is 0.0733. The van der Waals surface area contributed by atoms with Crippen LogP contribution in [0.3, 0.4) is 0 Å². The van der Waals surface area contributed by atoms with E-state index >= 15 is 0 Å². The Bertz CT molecular complexity index is 1060. The number of hydrogen-bond donors (Lipinski definition) is 0. The van der Waals surface area contributed by atoms with E-state index in [9.17, 15) is 9.59 Å². The summed E-state index contributed by atoms with van der Waals surface area (Å²) >= 11 is 0. The highest BCUT2D eigenvalue weighted by Gasteiger charge is 2.30. The Kier molecular flexibility index (Phi) is 4.22. The summed E-state index contributed by atoms with van der Waals surface area (Å²) in [6.07, 6.45) is 7.97. The summed E-state index contributed by atoms with van der Waals surface area (Å²) in [5.41, 5.74) is 2.17. The van der Waals surface area contributed by atoms with Gasteiger partial charge in [-0.25, -0.2) is 4.79 Å². The lowest BCUT2D eigenvalue weighted by atomic mass is 10.1. The van der Waals surface area contributed by atoms with Gasteiger partial charge in [0.2, 0.25) is 5.78 Å². The number of rotatable bonds is 3. The molecule has 0 unspecified atom stereocenters. The quantitative estimate of drug-likeness (QED) is 0.404. The van der Waals surface area contributed by atoms with Crippen molar-refractivity contribution < 1.29 is 19.1 Å². The van der Waals surface area contributed by atoms with Gasteiger partial charge >= 0.3 is 5.97 Å². The highest BCUT2D eigenvalue weighted by Crippen LogP contribution is 2.39. The van der Waals surface area contributed by atoms with Crippen LogP contribution in [0.5, 0.6) is 11.5 Å². The van der Waals surface area contributed by atoms with Crippen molar-refractivity contribution in [1.82, 2.24) is 9.97 Å². The van der Waals surface area contributed by atoms with Crippen molar-refractivity contribution in [3.8, 4) is 11.5 Å². The summed E-state index contributed by atoms with van der Waals surface area (Å²) in [7, 11) is 0. The molecule has 6 nitrogen and oxygen atoms in total. The Hall–Kier alpha value is -3.80. The Morgan fingerprint density at radius 2 is 1.89 bits per heavy atom. The van der Waals surface area contributed by atoms with E-state index in [1.165, 1.54) is 12.4 Å². The maximum Gasteiger partial charge on any atom is 0.343 e. The Balaban J connectivity index is 1.63. The van der Waals surface area contributed by atoms with Crippen LogP contribution in [-0.2, 0) is 0 Å². The van der Waals surface area contributed by atoms with Crippen LogP contribution in [0, 0.1) is 6.92 Å². The van der Waals surface area contributed by atoms with Crippen molar-refractivity contribution in [2.75, 3.05) is 0 Å². The topological polar surface area (TPSA) is 78.4 Å². The molecule has 27 heavy (non-hydrogen) atoms. The minimum Gasteiger partial charge on any atom is -0.452 e. The molecular formula is C21H14N2O4. The van der Waals surface area contributed by atoms with Crippen LogP contribution >= 0.6 is 0 Å². The minimum absolute atomic E-state index is 0.207. The Labute approximate surface area is 155 Å². The molecule has 4 rings (SSSR count). The molecule has 0 N–H and O–H groups in total. The molecule has 2 aromatic heterocycles. The number of fused-ring (bicyclic) bond motifs is 1. The fraction of sp³-hybridized carbons (Fsp3) is 0.0476. The third kappa shape index (κ3) is 3.20. The van der Waals surface area contributed by atoms with Gasteiger partial charge in [0, 0.05) is 30.4 Å². The summed E-state index contributed by atoms with van der Waals surface area (Å²) in [5, 5.41) is 0. The number of benzene rings is 1. The third-order valence-electron chi connectivity index (χ3n) is 4.14. The van der Waals surface area contributed by atoms with Crippen LogP contribution in [0.25, 0.3) is 6.08 Å². The predicted molar refractivity (Wildman–Crippen MR) is 97.5 cm³/mol. The molecule has 1 aliphatic heterocycles. The molecule has 0 bridgehead atoms. The molecular weight excluding hydrogens is 344 g/mol. The first-order valence-corrected chi connectivity index (χ1v) is 8.23. The fourth-order valence-electron chi connectivity index (χ4n) is 2.74. The summed E-state index contributed by atoms with van der Waals surface area (Å²) in [6.45, 7) is 1.74. The van der Waals surface area contributed by atoms with Crippen molar-refractivity contribution in [1.29, 1.82) is 0 Å². The van der Waals surface area contributed by atoms with Crippen LogP contribution in [0.4, 0.5) is 0 Å². The second kappa shape index (κ2) is 6.84. The minimum atomic E-state index is -0.504. The number of carbonyl (C=O) groups is 2. The number of pyridine rings is 2. The van der Waals surface area contributed by atoms with Crippen molar-refractivity contribution in [2.24, 2.45) is 0 Å². The first-order chi connectivity index (χ1) is 13.1. The van der Waals surface area contributed by atoms with E-state index in [4.69, 9.17) is 9.47 Å². The van der Waals surface area contributed by atoms with E-state index in [1.54, 1.807) is 55.7 Å². The molecule has 0 radical (unpaired) electrons. The van der Waals surface area contributed by atoms with Gasteiger partial charge in [0.05, 0.1) is 11.1 Å². The molecule has 0 amide bonds. The van der Waals surface area contributed by atoms with E-state index in [0.717, 1.165) is 5.56 Å². The van der Waals surface area contributed by atoms with Gasteiger partial charge in [0.1, 0.15) is 11.5 Å². The maximum atomic E-state index is 12.6. The van der Waals surface area contributed by atoms with Gasteiger partial charge in [-0.1, -0.05) is 6.07 Å². The first-order valence-electron chi connectivity index (χ1n) is 8.23. The van der Waals surface area contributed by atoms with Gasteiger partial charge in [-0.05, 0) is 48.9 Å². The second-order valence-corrected chi connectivity index (χ2v) is 5.92. The summed E-state index contributed by atoms with van der Waals surface area (Å²) < 4.78 is 11.2. The van der Waals surface area contributed by atoms with Crippen LogP contribution in [0.1, 0.15) is 31.8 Å². The second-order valence-electron chi connectivity index (χ2n) is 5.92. The first kappa shape index (κ1) is 16.7. The number of nitrogens with zero attached hydrogens (tertiary/aromatic N) is 2. The van der Waals surface area contributed by atoms with Crippen molar-refractivity contribution >= 4 is 17.8 Å². The van der Waals surface area contributed by atoms with Gasteiger partial charge < -0.3 is 9.47 Å². The molecule has 0 fully saturated rings. The Morgan fingerprint density at radius 3 is 2.63 bits per heavy atom. The van der Waals surface area contributed by atoms with Crippen LogP contribution in [0.15, 0.2) is 66.9 Å². The van der Waals surface area contributed by atoms with Crippen LogP contribution < -0.4 is 9.47 Å². The monoisotopic (exact) mass is 358 g/mol. The van der Waals surface area contributed by atoms with E-state index < -0.39 is 5.97 Å². The standard InChI is InChI=1S/C21H14N2O4/c1-13-17(27-21(25)15-6-9-22-10-7-15)5-4-16-19(24)18(26-20(13)16)11-14-3-2-8-23-12-14/h2-12H,1H3/b18-11-. The molecule has 0 atom stereocenters. The zero-order valence-corrected chi connectivity index (χ0v) is 14.4. The van der Waals surface area contributed by atoms with Gasteiger partial charge in [0.15, 0.2) is 5.76 Å². The highest BCUT2D eigenvalue weighted by atomic mass is 16.5. The van der Waals surface area contributed by atoms with Gasteiger partial charge in [-0.3, -0.25) is 14.8 Å². The lowest BCUT2D eigenvalue weighted by Gasteiger charge is -2.10. The normalized spacial score (nSPS) is 14.0. The summed E-state index contributed by atoms with van der Waals surface area (Å²) in [5.74, 6) is 0.222. The van der Waals surface area contributed by atoms with Gasteiger partial charge in [-0.2, -0.15) is 0 Å². The van der Waals surface area contributed by atoms with Crippen molar-refractivity contribution in [3.63, 3.8) is 0 Å². The molecule has 6 heteroatoms. The molecule has 1 aliphatic rings. The number of hydrogen-bond acceptors (Lipinski definition) is 6. The number of aromatic nitrogens is 2. The van der Waals surface area contributed by atoms with E-state index in [1.807, 2.05) is 6.07 Å². The van der Waals surface area contributed by atoms with Gasteiger partial charge in [0.25, 0.3) is 0 Å². The number of Topliss-reactive ketones (excluding diaryl/α,β-unsaturated/α-hetero) is 1. The largest absolute Gasteiger partial charge is 0.452 e.